The van der Waals surface area contributed by atoms with Gasteiger partial charge in [0.2, 0.25) is 0 Å². The van der Waals surface area contributed by atoms with Gasteiger partial charge in [-0.2, -0.15) is 9.78 Å². The molecule has 6 heteroatoms. The molecule has 0 N–H and O–H groups in total. The van der Waals surface area contributed by atoms with Crippen LogP contribution < -0.4 is 5.56 Å². The average molecular weight is 499 g/mol. The van der Waals surface area contributed by atoms with Gasteiger partial charge in [-0.25, -0.2) is 4.98 Å². The van der Waals surface area contributed by atoms with Crippen molar-refractivity contribution in [3.63, 3.8) is 0 Å². The molecule has 2 aromatic heterocycles. The molecule has 0 saturated heterocycles. The first kappa shape index (κ1) is 21.3. The molecule has 33 heavy (non-hydrogen) atoms. The normalized spacial score (nSPS) is 11.7. The van der Waals surface area contributed by atoms with Crippen molar-refractivity contribution >= 4 is 44.0 Å². The first-order valence-electron chi connectivity index (χ1n) is 10.9. The fourth-order valence-corrected chi connectivity index (χ4v) is 4.42. The highest BCUT2D eigenvalue weighted by Crippen LogP contribution is 2.22. The number of nitrogens with zero attached hydrogens (tertiary/aromatic N) is 4. The van der Waals surface area contributed by atoms with Gasteiger partial charge in [-0.3, -0.25) is 4.79 Å². The van der Waals surface area contributed by atoms with Gasteiger partial charge in [0.1, 0.15) is 5.82 Å². The number of para-hydroxylation sites is 1. The second kappa shape index (κ2) is 8.79. The summed E-state index contributed by atoms with van der Waals surface area (Å²) in [6.45, 7) is 4.84. The second-order valence-corrected chi connectivity index (χ2v) is 9.04. The van der Waals surface area contributed by atoms with Gasteiger partial charge in [0.15, 0.2) is 0 Å². The molecular formula is C27H23BrN4O. The van der Waals surface area contributed by atoms with Crippen LogP contribution in [0.4, 0.5) is 0 Å². The Morgan fingerprint density at radius 3 is 2.61 bits per heavy atom. The summed E-state index contributed by atoms with van der Waals surface area (Å²) in [7, 11) is 0. The fraction of sp³-hybridized carbons (Fsp3) is 0.148. The van der Waals surface area contributed by atoms with E-state index in [-0.39, 0.29) is 5.56 Å². The van der Waals surface area contributed by atoms with E-state index in [1.54, 1.807) is 12.3 Å². The predicted octanol–water partition coefficient (Wildman–Crippen LogP) is 5.92. The van der Waals surface area contributed by atoms with Gasteiger partial charge in [0.05, 0.1) is 17.1 Å². The lowest BCUT2D eigenvalue weighted by atomic mass is 10.1. The molecule has 0 unspecified atom stereocenters. The zero-order valence-electron chi connectivity index (χ0n) is 18.5. The Kier molecular flexibility index (Phi) is 5.68. The summed E-state index contributed by atoms with van der Waals surface area (Å²) in [6, 6.07) is 22.4. The third kappa shape index (κ3) is 4.14. The summed E-state index contributed by atoms with van der Waals surface area (Å²) in [6.07, 6.45) is 4.46. The summed E-state index contributed by atoms with van der Waals surface area (Å²) >= 11 is 3.45. The highest BCUT2D eigenvalue weighted by molar-refractivity contribution is 9.10. The number of benzene rings is 3. The van der Waals surface area contributed by atoms with Crippen molar-refractivity contribution in [1.82, 2.24) is 14.2 Å². The molecule has 2 heterocycles. The van der Waals surface area contributed by atoms with Crippen LogP contribution in [0.3, 0.4) is 0 Å². The van der Waals surface area contributed by atoms with Gasteiger partial charge in [-0.15, -0.1) is 0 Å². The number of hydrogen-bond acceptors (Lipinski definition) is 3. The highest BCUT2D eigenvalue weighted by atomic mass is 79.9. The SMILES string of the molecule is CCc1nc2ccc(Br)cc2c(=O)n1N=Cc1cn(Cc2ccc(C)cc2)c2ccccc12. The first-order chi connectivity index (χ1) is 16.0. The predicted molar refractivity (Wildman–Crippen MR) is 138 cm³/mol. The molecule has 0 amide bonds. The van der Waals surface area contributed by atoms with E-state index in [1.807, 2.05) is 31.2 Å². The first-order valence-corrected chi connectivity index (χ1v) is 11.7. The number of halogens is 1. The van der Waals surface area contributed by atoms with Gasteiger partial charge < -0.3 is 4.57 Å². The Bertz CT molecular complexity index is 1560. The Hall–Kier alpha value is -3.51. The highest BCUT2D eigenvalue weighted by Gasteiger charge is 2.11. The zero-order chi connectivity index (χ0) is 22.9. The standard InChI is InChI=1S/C27H23BrN4O/c1-3-26-30-24-13-12-21(28)14-23(24)27(33)32(26)29-15-20-17-31(25-7-5-4-6-22(20)25)16-19-10-8-18(2)9-11-19/h4-15,17H,3,16H2,1-2H3. The molecule has 0 radical (unpaired) electrons. The van der Waals surface area contributed by atoms with E-state index >= 15 is 0 Å². The van der Waals surface area contributed by atoms with Crippen LogP contribution in [-0.4, -0.2) is 20.4 Å². The summed E-state index contributed by atoms with van der Waals surface area (Å²) in [5, 5.41) is 6.23. The molecule has 0 atom stereocenters. The Balaban J connectivity index is 1.59. The lowest BCUT2D eigenvalue weighted by Gasteiger charge is -2.07. The molecule has 5 rings (SSSR count). The molecule has 5 aromatic rings. The van der Waals surface area contributed by atoms with Crippen LogP contribution in [0.15, 0.2) is 87.3 Å². The Morgan fingerprint density at radius 2 is 1.82 bits per heavy atom. The molecule has 164 valence electrons. The summed E-state index contributed by atoms with van der Waals surface area (Å²) in [5.41, 5.74) is 5.08. The van der Waals surface area contributed by atoms with E-state index in [0.29, 0.717) is 23.1 Å². The molecule has 5 nitrogen and oxygen atoms in total. The number of rotatable bonds is 5. The van der Waals surface area contributed by atoms with E-state index in [2.05, 4.69) is 80.1 Å². The fourth-order valence-electron chi connectivity index (χ4n) is 4.06. The molecule has 0 fully saturated rings. The minimum Gasteiger partial charge on any atom is -0.342 e. The monoisotopic (exact) mass is 498 g/mol. The lowest BCUT2D eigenvalue weighted by Crippen LogP contribution is -2.22. The molecule has 0 aliphatic carbocycles. The van der Waals surface area contributed by atoms with Crippen molar-refractivity contribution in [2.45, 2.75) is 26.8 Å². The second-order valence-electron chi connectivity index (χ2n) is 8.12. The molecular weight excluding hydrogens is 476 g/mol. The van der Waals surface area contributed by atoms with Crippen LogP contribution in [-0.2, 0) is 13.0 Å². The van der Waals surface area contributed by atoms with Crippen LogP contribution in [0.1, 0.15) is 29.4 Å². The van der Waals surface area contributed by atoms with E-state index in [9.17, 15) is 4.79 Å². The maximum absolute atomic E-state index is 13.2. The van der Waals surface area contributed by atoms with Crippen molar-refractivity contribution < 1.29 is 0 Å². The van der Waals surface area contributed by atoms with Crippen LogP contribution in [0.25, 0.3) is 21.8 Å². The summed E-state index contributed by atoms with van der Waals surface area (Å²) in [4.78, 5) is 17.9. The van der Waals surface area contributed by atoms with Gasteiger partial charge in [0, 0.05) is 40.1 Å². The topological polar surface area (TPSA) is 52.2 Å². The largest absolute Gasteiger partial charge is 0.342 e. The minimum atomic E-state index is -0.169. The van der Waals surface area contributed by atoms with Gasteiger partial charge in [0.25, 0.3) is 5.56 Å². The number of hydrogen-bond donors (Lipinski definition) is 0. The third-order valence-electron chi connectivity index (χ3n) is 5.80. The molecule has 0 aliphatic heterocycles. The molecule has 0 bridgehead atoms. The van der Waals surface area contributed by atoms with E-state index in [0.717, 1.165) is 27.5 Å². The molecule has 3 aromatic carbocycles. The van der Waals surface area contributed by atoms with Crippen LogP contribution in [0, 0.1) is 6.92 Å². The maximum Gasteiger partial charge on any atom is 0.282 e. The number of fused-ring (bicyclic) bond motifs is 2. The van der Waals surface area contributed by atoms with Crippen molar-refractivity contribution in [2.24, 2.45) is 5.10 Å². The Morgan fingerprint density at radius 1 is 1.03 bits per heavy atom. The van der Waals surface area contributed by atoms with Crippen molar-refractivity contribution in [1.29, 1.82) is 0 Å². The molecule has 0 aliphatic rings. The van der Waals surface area contributed by atoms with Gasteiger partial charge in [-0.05, 0) is 36.8 Å². The smallest absolute Gasteiger partial charge is 0.282 e. The maximum atomic E-state index is 13.2. The van der Waals surface area contributed by atoms with Crippen molar-refractivity contribution in [2.75, 3.05) is 0 Å². The number of aromatic nitrogens is 3. The van der Waals surface area contributed by atoms with Crippen LogP contribution >= 0.6 is 15.9 Å². The van der Waals surface area contributed by atoms with E-state index in [4.69, 9.17) is 0 Å². The van der Waals surface area contributed by atoms with E-state index < -0.39 is 0 Å². The quantitative estimate of drug-likeness (QED) is 0.282. The Labute approximate surface area is 200 Å². The zero-order valence-corrected chi connectivity index (χ0v) is 20.1. The molecule has 0 spiro atoms. The summed E-state index contributed by atoms with van der Waals surface area (Å²) in [5.74, 6) is 0.634. The lowest BCUT2D eigenvalue weighted by molar-refractivity contribution is 0.734. The van der Waals surface area contributed by atoms with Crippen molar-refractivity contribution in [3.05, 3.63) is 110 Å². The molecule has 0 saturated carbocycles. The van der Waals surface area contributed by atoms with E-state index in [1.165, 1.54) is 15.8 Å². The average Bonchev–Trinajstić information content (AvgIpc) is 3.17. The van der Waals surface area contributed by atoms with Gasteiger partial charge >= 0.3 is 0 Å². The van der Waals surface area contributed by atoms with Crippen molar-refractivity contribution in [3.8, 4) is 0 Å². The van der Waals surface area contributed by atoms with Crippen LogP contribution in [0.2, 0.25) is 0 Å². The number of aryl methyl sites for hydroxylation is 2. The minimum absolute atomic E-state index is 0.169. The summed E-state index contributed by atoms with van der Waals surface area (Å²) < 4.78 is 4.48. The third-order valence-corrected chi connectivity index (χ3v) is 6.29. The van der Waals surface area contributed by atoms with Crippen LogP contribution in [0.5, 0.6) is 0 Å². The van der Waals surface area contributed by atoms with Gasteiger partial charge in [-0.1, -0.05) is 70.9 Å².